The van der Waals surface area contributed by atoms with Gasteiger partial charge in [-0.25, -0.2) is 0 Å². The third kappa shape index (κ3) is 4.71. The lowest BCUT2D eigenvalue weighted by Crippen LogP contribution is -2.64. The lowest BCUT2D eigenvalue weighted by molar-refractivity contribution is -0.134. The molecule has 4 rings (SSSR count). The number of carbonyl (C=O) groups excluding carboxylic acids is 2. The molecule has 0 radical (unpaired) electrons. The molecule has 1 aliphatic carbocycles. The summed E-state index contributed by atoms with van der Waals surface area (Å²) in [5.74, 6) is -0.208. The normalized spacial score (nSPS) is 22.1. The number of rotatable bonds is 4. The SMILES string of the molecule is Cc1ccccc1CN1C(=O)c2cc(C(C)(C)C)nn2C[C@@]1(C)C(=O)NC1CCCCCC1. The Balaban J connectivity index is 1.71. The van der Waals surface area contributed by atoms with Gasteiger partial charge >= 0.3 is 0 Å². The molecule has 0 bridgehead atoms. The zero-order valence-corrected chi connectivity index (χ0v) is 20.8. The minimum atomic E-state index is -1.01. The van der Waals surface area contributed by atoms with Gasteiger partial charge in [-0.2, -0.15) is 5.10 Å². The molecule has 1 aliphatic heterocycles. The van der Waals surface area contributed by atoms with Gasteiger partial charge in [0.15, 0.2) is 0 Å². The second-order valence-electron chi connectivity index (χ2n) is 11.1. The highest BCUT2D eigenvalue weighted by molar-refractivity contribution is 5.99. The first-order valence-electron chi connectivity index (χ1n) is 12.4. The van der Waals surface area contributed by atoms with Crippen molar-refractivity contribution in [1.29, 1.82) is 0 Å². The fourth-order valence-electron chi connectivity index (χ4n) is 4.98. The maximum absolute atomic E-state index is 13.8. The minimum Gasteiger partial charge on any atom is -0.351 e. The van der Waals surface area contributed by atoms with Crippen LogP contribution in [0.25, 0.3) is 0 Å². The molecule has 6 nitrogen and oxygen atoms in total. The fraction of sp³-hybridized carbons (Fsp3) is 0.593. The molecule has 2 heterocycles. The van der Waals surface area contributed by atoms with E-state index in [-0.39, 0.29) is 23.3 Å². The number of amides is 2. The summed E-state index contributed by atoms with van der Waals surface area (Å²) in [4.78, 5) is 29.4. The van der Waals surface area contributed by atoms with E-state index in [0.29, 0.717) is 18.8 Å². The van der Waals surface area contributed by atoms with E-state index in [0.717, 1.165) is 42.5 Å². The summed E-state index contributed by atoms with van der Waals surface area (Å²) in [5, 5.41) is 8.07. The first kappa shape index (κ1) is 23.5. The van der Waals surface area contributed by atoms with Crippen LogP contribution in [-0.2, 0) is 23.3 Å². The maximum Gasteiger partial charge on any atom is 0.273 e. The lowest BCUT2D eigenvalue weighted by atomic mass is 9.91. The van der Waals surface area contributed by atoms with Gasteiger partial charge in [0, 0.05) is 18.0 Å². The summed E-state index contributed by atoms with van der Waals surface area (Å²) >= 11 is 0. The van der Waals surface area contributed by atoms with E-state index < -0.39 is 5.54 Å². The molecule has 0 spiro atoms. The van der Waals surface area contributed by atoms with E-state index in [1.807, 2.05) is 31.2 Å². The highest BCUT2D eigenvalue weighted by Gasteiger charge is 2.48. The predicted octanol–water partition coefficient (Wildman–Crippen LogP) is 4.74. The Hall–Kier alpha value is -2.63. The van der Waals surface area contributed by atoms with E-state index in [9.17, 15) is 9.59 Å². The minimum absolute atomic E-state index is 0.0743. The lowest BCUT2D eigenvalue weighted by Gasteiger charge is -2.44. The van der Waals surface area contributed by atoms with Crippen LogP contribution in [0.15, 0.2) is 30.3 Å². The molecule has 33 heavy (non-hydrogen) atoms. The summed E-state index contributed by atoms with van der Waals surface area (Å²) in [7, 11) is 0. The molecule has 2 aliphatic rings. The smallest absolute Gasteiger partial charge is 0.273 e. The van der Waals surface area contributed by atoms with Crippen molar-refractivity contribution in [3.63, 3.8) is 0 Å². The number of fused-ring (bicyclic) bond motifs is 1. The van der Waals surface area contributed by atoms with Crippen molar-refractivity contribution in [3.8, 4) is 0 Å². The summed E-state index contributed by atoms with van der Waals surface area (Å²) in [6, 6.07) is 10.2. The Labute approximate surface area is 197 Å². The van der Waals surface area contributed by atoms with Crippen LogP contribution in [0, 0.1) is 6.92 Å². The Morgan fingerprint density at radius 2 is 1.82 bits per heavy atom. The molecule has 1 N–H and O–H groups in total. The van der Waals surface area contributed by atoms with Crippen molar-refractivity contribution in [2.24, 2.45) is 0 Å². The van der Waals surface area contributed by atoms with Gasteiger partial charge in [-0.3, -0.25) is 14.3 Å². The van der Waals surface area contributed by atoms with Crippen LogP contribution in [0.4, 0.5) is 0 Å². The molecule has 0 saturated heterocycles. The second kappa shape index (κ2) is 8.96. The molecule has 1 aromatic heterocycles. The molecule has 6 heteroatoms. The molecular formula is C27H38N4O2. The van der Waals surface area contributed by atoms with Crippen LogP contribution in [-0.4, -0.2) is 38.1 Å². The van der Waals surface area contributed by atoms with Crippen LogP contribution in [0.2, 0.25) is 0 Å². The van der Waals surface area contributed by atoms with E-state index in [2.05, 4.69) is 39.1 Å². The van der Waals surface area contributed by atoms with Crippen molar-refractivity contribution in [2.45, 2.75) is 103 Å². The van der Waals surface area contributed by atoms with Crippen LogP contribution < -0.4 is 5.32 Å². The fourth-order valence-corrected chi connectivity index (χ4v) is 4.98. The Morgan fingerprint density at radius 1 is 1.15 bits per heavy atom. The molecule has 1 saturated carbocycles. The zero-order valence-electron chi connectivity index (χ0n) is 20.8. The summed E-state index contributed by atoms with van der Waals surface area (Å²) in [6.45, 7) is 11.0. The van der Waals surface area contributed by atoms with Crippen molar-refractivity contribution in [2.75, 3.05) is 0 Å². The molecule has 2 amide bonds. The van der Waals surface area contributed by atoms with Crippen LogP contribution in [0.1, 0.15) is 93.5 Å². The van der Waals surface area contributed by atoms with E-state index in [1.165, 1.54) is 12.8 Å². The van der Waals surface area contributed by atoms with Crippen molar-refractivity contribution in [3.05, 3.63) is 52.8 Å². The molecule has 2 aromatic rings. The van der Waals surface area contributed by atoms with E-state index in [1.54, 1.807) is 9.58 Å². The van der Waals surface area contributed by atoms with Gasteiger partial charge in [-0.1, -0.05) is 70.7 Å². The van der Waals surface area contributed by atoms with Gasteiger partial charge in [-0.15, -0.1) is 0 Å². The molecule has 1 atom stereocenters. The van der Waals surface area contributed by atoms with E-state index >= 15 is 0 Å². The number of benzene rings is 1. The molecular weight excluding hydrogens is 412 g/mol. The number of nitrogens with one attached hydrogen (secondary N) is 1. The summed E-state index contributed by atoms with van der Waals surface area (Å²) in [5.41, 5.74) is 2.42. The predicted molar refractivity (Wildman–Crippen MR) is 130 cm³/mol. The summed E-state index contributed by atoms with van der Waals surface area (Å²) in [6.07, 6.45) is 6.77. The maximum atomic E-state index is 13.8. The summed E-state index contributed by atoms with van der Waals surface area (Å²) < 4.78 is 1.75. The van der Waals surface area contributed by atoms with Gasteiger partial charge in [0.25, 0.3) is 5.91 Å². The highest BCUT2D eigenvalue weighted by Crippen LogP contribution is 2.32. The average molecular weight is 451 g/mol. The van der Waals surface area contributed by atoms with Crippen molar-refractivity contribution >= 4 is 11.8 Å². The Morgan fingerprint density at radius 3 is 2.45 bits per heavy atom. The van der Waals surface area contributed by atoms with Gasteiger partial charge in [0.2, 0.25) is 5.91 Å². The zero-order chi connectivity index (χ0) is 23.8. The first-order chi connectivity index (χ1) is 15.6. The standard InChI is InChI=1S/C27H38N4O2/c1-19-12-10-11-13-20(19)17-30-24(32)22-16-23(26(2,3)4)29-31(22)18-27(30,5)25(33)28-21-14-8-6-7-9-15-21/h10-13,16,21H,6-9,14-15,17-18H2,1-5H3,(H,28,33)/t27-/m0/s1. The number of nitrogens with zero attached hydrogens (tertiary/aromatic N) is 3. The molecule has 178 valence electrons. The molecule has 1 fully saturated rings. The third-order valence-electron chi connectivity index (χ3n) is 7.34. The number of hydrogen-bond donors (Lipinski definition) is 1. The monoisotopic (exact) mass is 450 g/mol. The van der Waals surface area contributed by atoms with E-state index in [4.69, 9.17) is 5.10 Å². The van der Waals surface area contributed by atoms with Gasteiger partial charge in [-0.05, 0) is 43.9 Å². The quantitative estimate of drug-likeness (QED) is 0.684. The average Bonchev–Trinajstić information content (AvgIpc) is 3.02. The van der Waals surface area contributed by atoms with Gasteiger partial charge in [0.05, 0.1) is 12.2 Å². The van der Waals surface area contributed by atoms with Gasteiger partial charge in [0.1, 0.15) is 11.2 Å². The number of aromatic nitrogens is 2. The van der Waals surface area contributed by atoms with Crippen LogP contribution >= 0.6 is 0 Å². The number of carbonyl (C=O) groups is 2. The van der Waals surface area contributed by atoms with Crippen molar-refractivity contribution < 1.29 is 9.59 Å². The highest BCUT2D eigenvalue weighted by atomic mass is 16.2. The van der Waals surface area contributed by atoms with Crippen LogP contribution in [0.5, 0.6) is 0 Å². The third-order valence-corrected chi connectivity index (χ3v) is 7.34. The topological polar surface area (TPSA) is 67.2 Å². The molecule has 0 unspecified atom stereocenters. The molecule has 1 aromatic carbocycles. The second-order valence-corrected chi connectivity index (χ2v) is 11.1. The van der Waals surface area contributed by atoms with Crippen LogP contribution in [0.3, 0.4) is 0 Å². The Bertz CT molecular complexity index is 1030. The first-order valence-corrected chi connectivity index (χ1v) is 12.4. The largest absolute Gasteiger partial charge is 0.351 e. The number of aryl methyl sites for hydroxylation is 1. The number of hydrogen-bond acceptors (Lipinski definition) is 3. The van der Waals surface area contributed by atoms with Gasteiger partial charge < -0.3 is 10.2 Å². The Kier molecular flexibility index (Phi) is 6.39. The van der Waals surface area contributed by atoms with Crippen molar-refractivity contribution in [1.82, 2.24) is 20.0 Å².